The fourth-order valence-corrected chi connectivity index (χ4v) is 4.73. The van der Waals surface area contributed by atoms with E-state index in [0.29, 0.717) is 5.56 Å². The second-order valence-corrected chi connectivity index (χ2v) is 10.2. The first kappa shape index (κ1) is 31.3. The van der Waals surface area contributed by atoms with E-state index in [-0.39, 0.29) is 45.3 Å². The van der Waals surface area contributed by atoms with Gasteiger partial charge in [0.1, 0.15) is 53.2 Å². The van der Waals surface area contributed by atoms with E-state index < -0.39 is 59.8 Å². The number of carbonyl (C=O) groups excluding carboxylic acids is 1. The molecule has 1 saturated heterocycles. The second-order valence-electron chi connectivity index (χ2n) is 10.2. The molecule has 1 fully saturated rings. The third-order valence-corrected chi connectivity index (χ3v) is 7.14. The maximum absolute atomic E-state index is 12.8. The van der Waals surface area contributed by atoms with Gasteiger partial charge in [0.15, 0.2) is 17.3 Å². The lowest BCUT2D eigenvalue weighted by Crippen LogP contribution is -2.63. The molecule has 5 rings (SSSR count). The number of carbonyl (C=O) groups is 1. The number of hydrogen-bond acceptors (Lipinski definition) is 13. The summed E-state index contributed by atoms with van der Waals surface area (Å²) in [5.74, 6) is -3.55. The molecule has 1 unspecified atom stereocenters. The highest BCUT2D eigenvalue weighted by Crippen LogP contribution is 2.45. The van der Waals surface area contributed by atoms with E-state index in [1.807, 2.05) is 0 Å². The van der Waals surface area contributed by atoms with Crippen LogP contribution in [0.1, 0.15) is 5.56 Å². The lowest BCUT2D eigenvalue weighted by atomic mass is 9.93. The Hall–Kier alpha value is -5.12. The Labute approximate surface area is 254 Å². The zero-order valence-corrected chi connectivity index (χ0v) is 23.4. The SMILES string of the molecule is COc1cc(-c2[o+]c3cc(O)cc(O)c3cc2O[C@@H]2O[C@H](C(O)C(=O)C=Cc3ccc(O)cc3)[C@H](O)[C@H](O)[C@H]2O)cc(O)c1O. The van der Waals surface area contributed by atoms with E-state index in [1.54, 1.807) is 0 Å². The fourth-order valence-electron chi connectivity index (χ4n) is 4.73. The molecule has 236 valence electrons. The number of rotatable bonds is 8. The van der Waals surface area contributed by atoms with Gasteiger partial charge in [-0.15, -0.1) is 0 Å². The molecule has 0 saturated carbocycles. The molecule has 14 heteroatoms. The Bertz CT molecular complexity index is 1750. The Morgan fingerprint density at radius 2 is 1.58 bits per heavy atom. The quantitative estimate of drug-likeness (QED) is 0.0770. The number of hydrogen-bond donors (Lipinski definition) is 9. The maximum atomic E-state index is 12.8. The minimum atomic E-state index is -2.03. The predicted octanol–water partition coefficient (Wildman–Crippen LogP) is 1.75. The van der Waals surface area contributed by atoms with Crippen molar-refractivity contribution in [3.05, 3.63) is 66.2 Å². The van der Waals surface area contributed by atoms with Crippen LogP contribution in [-0.4, -0.2) is 95.7 Å². The zero-order chi connectivity index (χ0) is 32.6. The first-order valence-corrected chi connectivity index (χ1v) is 13.4. The van der Waals surface area contributed by atoms with Gasteiger partial charge in [0.2, 0.25) is 17.8 Å². The van der Waals surface area contributed by atoms with Gasteiger partial charge in [0, 0.05) is 24.3 Å². The number of aliphatic hydroxyl groups is 4. The lowest BCUT2D eigenvalue weighted by molar-refractivity contribution is -0.285. The number of phenols is 5. The van der Waals surface area contributed by atoms with Crippen LogP contribution in [0.4, 0.5) is 0 Å². The third-order valence-electron chi connectivity index (χ3n) is 7.14. The van der Waals surface area contributed by atoms with Crippen LogP contribution < -0.4 is 9.47 Å². The van der Waals surface area contributed by atoms with E-state index in [0.717, 1.165) is 18.2 Å². The Kier molecular flexibility index (Phi) is 8.68. The number of ketones is 1. The van der Waals surface area contributed by atoms with Crippen LogP contribution >= 0.6 is 0 Å². The maximum Gasteiger partial charge on any atom is 0.402 e. The first-order valence-electron chi connectivity index (χ1n) is 13.4. The molecule has 6 atom stereocenters. The van der Waals surface area contributed by atoms with Gasteiger partial charge in [0.05, 0.1) is 18.7 Å². The lowest BCUT2D eigenvalue weighted by Gasteiger charge is -2.41. The molecule has 0 aliphatic carbocycles. The smallest absolute Gasteiger partial charge is 0.402 e. The molecule has 2 heterocycles. The molecule has 0 amide bonds. The van der Waals surface area contributed by atoms with Gasteiger partial charge in [0.25, 0.3) is 0 Å². The summed E-state index contributed by atoms with van der Waals surface area (Å²) in [6, 6.07) is 11.6. The van der Waals surface area contributed by atoms with Gasteiger partial charge in [-0.2, -0.15) is 0 Å². The first-order chi connectivity index (χ1) is 21.4. The highest BCUT2D eigenvalue weighted by molar-refractivity contribution is 5.97. The van der Waals surface area contributed by atoms with Gasteiger partial charge >= 0.3 is 11.3 Å². The normalized spacial score (nSPS) is 22.4. The van der Waals surface area contributed by atoms with Crippen molar-refractivity contribution in [3.8, 4) is 51.6 Å². The van der Waals surface area contributed by atoms with Gasteiger partial charge in [-0.1, -0.05) is 18.2 Å². The molecular formula is C31H29O14+. The van der Waals surface area contributed by atoms with Crippen molar-refractivity contribution in [1.29, 1.82) is 0 Å². The molecule has 45 heavy (non-hydrogen) atoms. The fraction of sp³-hybridized carbons (Fsp3) is 0.226. The van der Waals surface area contributed by atoms with Gasteiger partial charge in [-0.25, -0.2) is 4.42 Å². The van der Waals surface area contributed by atoms with Crippen molar-refractivity contribution in [2.75, 3.05) is 7.11 Å². The Balaban J connectivity index is 1.50. The van der Waals surface area contributed by atoms with Crippen molar-refractivity contribution >= 4 is 22.8 Å². The van der Waals surface area contributed by atoms with Crippen molar-refractivity contribution in [3.63, 3.8) is 0 Å². The summed E-state index contributed by atoms with van der Waals surface area (Å²) in [5, 5.41) is 92.9. The Morgan fingerprint density at radius 3 is 2.27 bits per heavy atom. The van der Waals surface area contributed by atoms with E-state index in [4.69, 9.17) is 18.6 Å². The monoisotopic (exact) mass is 625 g/mol. The van der Waals surface area contributed by atoms with E-state index >= 15 is 0 Å². The van der Waals surface area contributed by atoms with Gasteiger partial charge in [-0.3, -0.25) is 4.79 Å². The van der Waals surface area contributed by atoms with E-state index in [1.165, 1.54) is 55.7 Å². The average molecular weight is 626 g/mol. The van der Waals surface area contributed by atoms with Crippen molar-refractivity contribution < 1.29 is 69.4 Å². The topological polar surface area (TPSA) is 238 Å². The minimum Gasteiger partial charge on any atom is -0.508 e. The van der Waals surface area contributed by atoms with Crippen molar-refractivity contribution in [1.82, 2.24) is 0 Å². The molecule has 1 aliphatic heterocycles. The molecular weight excluding hydrogens is 596 g/mol. The number of phenolic OH excluding ortho intramolecular Hbond substituents is 5. The average Bonchev–Trinajstić information content (AvgIpc) is 3.01. The zero-order valence-electron chi connectivity index (χ0n) is 23.4. The molecule has 4 aromatic rings. The number of methoxy groups -OCH3 is 1. The second kappa shape index (κ2) is 12.5. The van der Waals surface area contributed by atoms with Crippen molar-refractivity contribution in [2.45, 2.75) is 36.8 Å². The highest BCUT2D eigenvalue weighted by Gasteiger charge is 2.49. The van der Waals surface area contributed by atoms with Crippen LogP contribution in [0, 0.1) is 0 Å². The van der Waals surface area contributed by atoms with Gasteiger partial charge in [-0.05, 0) is 23.8 Å². The van der Waals surface area contributed by atoms with Crippen LogP contribution in [0.3, 0.4) is 0 Å². The third kappa shape index (κ3) is 6.26. The summed E-state index contributed by atoms with van der Waals surface area (Å²) in [7, 11) is 1.23. The van der Waals surface area contributed by atoms with E-state index in [9.17, 15) is 50.8 Å². The Morgan fingerprint density at radius 1 is 0.867 bits per heavy atom. The number of ether oxygens (including phenoxy) is 3. The summed E-state index contributed by atoms with van der Waals surface area (Å²) in [6.45, 7) is 0. The highest BCUT2D eigenvalue weighted by atomic mass is 16.7. The van der Waals surface area contributed by atoms with Crippen LogP contribution in [0.15, 0.2) is 65.1 Å². The molecule has 3 aromatic carbocycles. The van der Waals surface area contributed by atoms with Gasteiger partial charge < -0.3 is 60.2 Å². The molecule has 9 N–H and O–H groups in total. The number of aliphatic hydroxyl groups excluding tert-OH is 4. The number of aromatic hydroxyl groups is 5. The summed E-state index contributed by atoms with van der Waals surface area (Å²) in [5.41, 5.74) is 0.497. The predicted molar refractivity (Wildman–Crippen MR) is 155 cm³/mol. The van der Waals surface area contributed by atoms with E-state index in [2.05, 4.69) is 0 Å². The van der Waals surface area contributed by atoms with Crippen LogP contribution in [0.5, 0.6) is 40.2 Å². The van der Waals surface area contributed by atoms with Crippen LogP contribution in [0.25, 0.3) is 28.4 Å². The van der Waals surface area contributed by atoms with Crippen molar-refractivity contribution in [2.24, 2.45) is 0 Å². The molecule has 0 radical (unpaired) electrons. The summed E-state index contributed by atoms with van der Waals surface area (Å²) in [4.78, 5) is 12.8. The summed E-state index contributed by atoms with van der Waals surface area (Å²) >= 11 is 0. The number of benzene rings is 3. The molecule has 1 aromatic heterocycles. The summed E-state index contributed by atoms with van der Waals surface area (Å²) < 4.78 is 22.4. The van der Waals surface area contributed by atoms with Crippen LogP contribution in [-0.2, 0) is 9.53 Å². The number of fused-ring (bicyclic) bond motifs is 1. The molecule has 0 bridgehead atoms. The molecule has 14 nitrogen and oxygen atoms in total. The van der Waals surface area contributed by atoms with Crippen LogP contribution in [0.2, 0.25) is 0 Å². The summed E-state index contributed by atoms with van der Waals surface area (Å²) in [6.07, 6.45) is -9.19. The molecule has 1 aliphatic rings. The molecule has 0 spiro atoms. The standard InChI is InChI=1S/C31H28O14/c1-42-22-9-14(8-20(36)24(22)37)29-23(12-17-19(35)10-16(33)11-21(17)43-29)44-31-28(41)26(39)27(40)30(45-31)25(38)18(34)7-4-13-2-5-15(32)6-3-13/h2-12,25-28,30-31,38-41H,1H3,(H4-,32,33,34,35,36,37)/p+1/t25?,26-,27+,28+,30+,31+/m0/s1. The largest absolute Gasteiger partial charge is 0.508 e. The minimum absolute atomic E-state index is 0.00732.